The van der Waals surface area contributed by atoms with Crippen LogP contribution in [0.5, 0.6) is 0 Å². The number of hydrogen-bond acceptors (Lipinski definition) is 3. The number of hydrogen-bond donors (Lipinski definition) is 1. The van der Waals surface area contributed by atoms with E-state index in [9.17, 15) is 0 Å². The molecule has 13 heavy (non-hydrogen) atoms. The minimum absolute atomic E-state index is 0.301. The van der Waals surface area contributed by atoms with Gasteiger partial charge in [-0.1, -0.05) is 13.8 Å². The van der Waals surface area contributed by atoms with E-state index in [2.05, 4.69) is 30.5 Å². The summed E-state index contributed by atoms with van der Waals surface area (Å²) in [5.74, 6) is 1.35. The molecule has 0 aromatic carbocycles. The van der Waals surface area contributed by atoms with Crippen LogP contribution in [0.2, 0.25) is 0 Å². The summed E-state index contributed by atoms with van der Waals surface area (Å²) < 4.78 is 0. The van der Waals surface area contributed by atoms with Crippen molar-refractivity contribution in [2.75, 3.05) is 25.4 Å². The second-order valence-corrected chi connectivity index (χ2v) is 6.48. The molecular weight excluding hydrogens is 180 g/mol. The van der Waals surface area contributed by atoms with Crippen LogP contribution in [0, 0.1) is 5.41 Å². The van der Waals surface area contributed by atoms with Gasteiger partial charge in [0.25, 0.3) is 0 Å². The van der Waals surface area contributed by atoms with Crippen molar-refractivity contribution in [2.45, 2.75) is 31.6 Å². The van der Waals surface area contributed by atoms with E-state index in [-0.39, 0.29) is 0 Å². The summed E-state index contributed by atoms with van der Waals surface area (Å²) in [5.41, 5.74) is 6.05. The van der Waals surface area contributed by atoms with E-state index in [1.54, 1.807) is 0 Å². The second-order valence-electron chi connectivity index (χ2n) is 5.14. The van der Waals surface area contributed by atoms with Crippen LogP contribution < -0.4 is 5.73 Å². The Labute approximate surface area is 85.2 Å². The van der Waals surface area contributed by atoms with Gasteiger partial charge in [0.2, 0.25) is 0 Å². The third-order valence-electron chi connectivity index (χ3n) is 3.20. The average molecular weight is 200 g/mol. The van der Waals surface area contributed by atoms with Gasteiger partial charge in [-0.2, -0.15) is 11.8 Å². The van der Waals surface area contributed by atoms with Crippen molar-refractivity contribution in [1.82, 2.24) is 4.90 Å². The first-order valence-electron chi connectivity index (χ1n) is 5.16. The van der Waals surface area contributed by atoms with Gasteiger partial charge in [0.15, 0.2) is 0 Å². The lowest BCUT2D eigenvalue weighted by Crippen LogP contribution is -2.43. The quantitative estimate of drug-likeness (QED) is 0.741. The first-order valence-corrected chi connectivity index (χ1v) is 6.21. The van der Waals surface area contributed by atoms with Gasteiger partial charge in [0.1, 0.15) is 0 Å². The Morgan fingerprint density at radius 3 is 2.77 bits per heavy atom. The third-order valence-corrected chi connectivity index (χ3v) is 4.59. The lowest BCUT2D eigenvalue weighted by molar-refractivity contribution is 0.178. The molecular formula is C10H20N2S. The highest BCUT2D eigenvalue weighted by molar-refractivity contribution is 8.00. The van der Waals surface area contributed by atoms with Gasteiger partial charge in [-0.25, -0.2) is 0 Å². The molecule has 76 valence electrons. The first-order chi connectivity index (χ1) is 6.11. The van der Waals surface area contributed by atoms with Crippen LogP contribution in [0.25, 0.3) is 0 Å². The maximum absolute atomic E-state index is 5.75. The van der Waals surface area contributed by atoms with E-state index in [0.29, 0.717) is 5.41 Å². The number of nitrogens with zero attached hydrogens (tertiary/aromatic N) is 1. The first kappa shape index (κ1) is 9.81. The molecule has 0 saturated carbocycles. The summed E-state index contributed by atoms with van der Waals surface area (Å²) in [4.78, 5) is 2.65. The molecule has 2 aliphatic rings. The van der Waals surface area contributed by atoms with E-state index < -0.39 is 0 Å². The van der Waals surface area contributed by atoms with Gasteiger partial charge >= 0.3 is 0 Å². The van der Waals surface area contributed by atoms with Crippen LogP contribution in [0.15, 0.2) is 0 Å². The molecule has 2 aliphatic heterocycles. The molecule has 2 bridgehead atoms. The van der Waals surface area contributed by atoms with Crippen molar-refractivity contribution in [3.05, 3.63) is 0 Å². The van der Waals surface area contributed by atoms with Crippen molar-refractivity contribution in [1.29, 1.82) is 0 Å². The SMILES string of the molecule is CC(C)(CN)CN1CC2CC1CS2. The highest BCUT2D eigenvalue weighted by atomic mass is 32.2. The minimum Gasteiger partial charge on any atom is -0.330 e. The number of thioether (sulfide) groups is 1. The van der Waals surface area contributed by atoms with Crippen LogP contribution in [0.3, 0.4) is 0 Å². The summed E-state index contributed by atoms with van der Waals surface area (Å²) in [6.07, 6.45) is 1.42. The van der Waals surface area contributed by atoms with E-state index >= 15 is 0 Å². The van der Waals surface area contributed by atoms with E-state index in [4.69, 9.17) is 5.73 Å². The lowest BCUT2D eigenvalue weighted by Gasteiger charge is -2.34. The van der Waals surface area contributed by atoms with Crippen LogP contribution >= 0.6 is 11.8 Å². The number of rotatable bonds is 3. The molecule has 2 rings (SSSR count). The predicted octanol–water partition coefficient (Wildman–Crippen LogP) is 1.16. The van der Waals surface area contributed by atoms with Gasteiger partial charge in [-0.3, -0.25) is 4.90 Å². The summed E-state index contributed by atoms with van der Waals surface area (Å²) in [5, 5.41) is 0.929. The van der Waals surface area contributed by atoms with Crippen molar-refractivity contribution >= 4 is 11.8 Å². The third kappa shape index (κ3) is 2.03. The monoisotopic (exact) mass is 200 g/mol. The average Bonchev–Trinajstić information content (AvgIpc) is 2.64. The molecule has 2 unspecified atom stereocenters. The summed E-state index contributed by atoms with van der Waals surface area (Å²) in [6.45, 7) is 7.83. The maximum Gasteiger partial charge on any atom is 0.0198 e. The Hall–Kier alpha value is 0.270. The standard InChI is InChI=1S/C10H20N2S/c1-10(2,6-11)7-12-4-9-3-8(12)5-13-9/h8-9H,3-7,11H2,1-2H3. The molecule has 2 saturated heterocycles. The highest BCUT2D eigenvalue weighted by Gasteiger charge is 2.39. The zero-order valence-electron chi connectivity index (χ0n) is 8.62. The van der Waals surface area contributed by atoms with Crippen molar-refractivity contribution in [3.8, 4) is 0 Å². The Morgan fingerprint density at radius 2 is 2.31 bits per heavy atom. The Balaban J connectivity index is 1.89. The second kappa shape index (κ2) is 3.44. The molecule has 0 radical (unpaired) electrons. The summed E-state index contributed by atoms with van der Waals surface area (Å²) in [6, 6.07) is 0.862. The van der Waals surface area contributed by atoms with E-state index in [0.717, 1.165) is 17.8 Å². The fraction of sp³-hybridized carbons (Fsp3) is 1.00. The Bertz CT molecular complexity index is 193. The molecule has 3 heteroatoms. The highest BCUT2D eigenvalue weighted by Crippen LogP contribution is 2.38. The smallest absolute Gasteiger partial charge is 0.0198 e. The Morgan fingerprint density at radius 1 is 1.54 bits per heavy atom. The molecule has 2 atom stereocenters. The number of nitrogens with two attached hydrogens (primary N) is 1. The molecule has 2 heterocycles. The van der Waals surface area contributed by atoms with Crippen LogP contribution in [-0.4, -0.2) is 41.6 Å². The van der Waals surface area contributed by atoms with Crippen molar-refractivity contribution in [3.63, 3.8) is 0 Å². The number of likely N-dealkylation sites (tertiary alicyclic amines) is 1. The van der Waals surface area contributed by atoms with Crippen LogP contribution in [-0.2, 0) is 0 Å². The largest absolute Gasteiger partial charge is 0.330 e. The number of fused-ring (bicyclic) bond motifs is 2. The molecule has 0 aromatic rings. The van der Waals surface area contributed by atoms with Crippen molar-refractivity contribution < 1.29 is 0 Å². The molecule has 2 nitrogen and oxygen atoms in total. The minimum atomic E-state index is 0.301. The van der Waals surface area contributed by atoms with Gasteiger partial charge in [-0.05, 0) is 18.4 Å². The van der Waals surface area contributed by atoms with Crippen LogP contribution in [0.4, 0.5) is 0 Å². The van der Waals surface area contributed by atoms with Gasteiger partial charge in [0.05, 0.1) is 0 Å². The fourth-order valence-electron chi connectivity index (χ4n) is 2.29. The van der Waals surface area contributed by atoms with Crippen LogP contribution in [0.1, 0.15) is 20.3 Å². The molecule has 0 aromatic heterocycles. The zero-order valence-corrected chi connectivity index (χ0v) is 9.44. The van der Waals surface area contributed by atoms with E-state index in [1.807, 2.05) is 0 Å². The van der Waals surface area contributed by atoms with Gasteiger partial charge in [0, 0.05) is 30.1 Å². The van der Waals surface area contributed by atoms with E-state index in [1.165, 1.54) is 25.3 Å². The van der Waals surface area contributed by atoms with Gasteiger partial charge < -0.3 is 5.73 Å². The normalized spacial score (nSPS) is 34.4. The molecule has 2 N–H and O–H groups in total. The Kier molecular flexibility index (Phi) is 2.60. The summed E-state index contributed by atoms with van der Waals surface area (Å²) >= 11 is 2.16. The molecule has 0 spiro atoms. The maximum atomic E-state index is 5.75. The molecule has 0 amide bonds. The zero-order chi connectivity index (χ0) is 9.47. The van der Waals surface area contributed by atoms with Gasteiger partial charge in [-0.15, -0.1) is 0 Å². The topological polar surface area (TPSA) is 29.3 Å². The summed E-state index contributed by atoms with van der Waals surface area (Å²) in [7, 11) is 0. The lowest BCUT2D eigenvalue weighted by atomic mass is 9.93. The molecule has 0 aliphatic carbocycles. The fourth-order valence-corrected chi connectivity index (χ4v) is 3.78. The molecule has 2 fully saturated rings. The van der Waals surface area contributed by atoms with Crippen molar-refractivity contribution in [2.24, 2.45) is 11.1 Å². The predicted molar refractivity (Wildman–Crippen MR) is 59.1 cm³/mol.